The number of rotatable bonds is 16. The quantitative estimate of drug-likeness (QED) is 0.0561. The SMILES string of the molecule is N#C/C(=C/c1ccc(-c2ccc(/C=C/c3ccc(N(c4ccc(C=C(c5ccc(Cl)cc5)c5ccc(Cl)cc5)cc4)c4ccc(/C=C/c5ccc(-c6ccc(/C=C(\C#N)C(=O)O)s6)cc5)cc4)cc3)cc2)s1)C(=O)O. The minimum Gasteiger partial charge on any atom is -0.477 e. The number of anilines is 3. The van der Waals surface area contributed by atoms with E-state index >= 15 is 0 Å². The Balaban J connectivity index is 0.962. The molecule has 0 fully saturated rings. The Morgan fingerprint density at radius 1 is 0.413 bits per heavy atom. The van der Waals surface area contributed by atoms with Crippen molar-refractivity contribution in [1.82, 2.24) is 0 Å². The van der Waals surface area contributed by atoms with E-state index in [1.165, 1.54) is 34.8 Å². The highest BCUT2D eigenvalue weighted by atomic mass is 35.5. The maximum atomic E-state index is 11.3. The van der Waals surface area contributed by atoms with Crippen LogP contribution in [0, 0.1) is 22.7 Å². The lowest BCUT2D eigenvalue weighted by molar-refractivity contribution is -0.133. The third kappa shape index (κ3) is 13.0. The van der Waals surface area contributed by atoms with Gasteiger partial charge in [0.2, 0.25) is 0 Å². The molecule has 7 nitrogen and oxygen atoms in total. The second-order valence-corrected chi connectivity index (χ2v) is 20.1. The Morgan fingerprint density at radius 3 is 1.05 bits per heavy atom. The summed E-state index contributed by atoms with van der Waals surface area (Å²) in [6.07, 6.45) is 13.2. The van der Waals surface area contributed by atoms with Crippen molar-refractivity contribution < 1.29 is 19.8 Å². The summed E-state index contributed by atoms with van der Waals surface area (Å²) >= 11 is 15.4. The Bertz CT molecular complexity index is 3540. The van der Waals surface area contributed by atoms with Gasteiger partial charge in [-0.2, -0.15) is 10.5 Å². The van der Waals surface area contributed by atoms with Crippen molar-refractivity contribution in [3.8, 4) is 33.0 Å². The summed E-state index contributed by atoms with van der Waals surface area (Å²) in [4.78, 5) is 28.2. The summed E-state index contributed by atoms with van der Waals surface area (Å²) in [5.41, 5.74) is 12.5. The van der Waals surface area contributed by atoms with Gasteiger partial charge in [-0.25, -0.2) is 9.59 Å². The van der Waals surface area contributed by atoms with Crippen molar-refractivity contribution in [3.63, 3.8) is 0 Å². The third-order valence-corrected chi connectivity index (χ3v) is 14.6. The first-order valence-corrected chi connectivity index (χ1v) is 25.7. The van der Waals surface area contributed by atoms with Crippen molar-refractivity contribution in [2.24, 2.45) is 0 Å². The van der Waals surface area contributed by atoms with Crippen molar-refractivity contribution in [2.75, 3.05) is 4.90 Å². The van der Waals surface area contributed by atoms with Gasteiger partial charge in [0.25, 0.3) is 0 Å². The van der Waals surface area contributed by atoms with Gasteiger partial charge in [-0.05, 0) is 159 Å². The van der Waals surface area contributed by atoms with E-state index < -0.39 is 11.9 Å². The molecule has 0 saturated heterocycles. The highest BCUT2D eigenvalue weighted by Gasteiger charge is 2.15. The number of nitrogens with zero attached hydrogens (tertiary/aromatic N) is 3. The fourth-order valence-corrected chi connectivity index (χ4v) is 10.2. The molecule has 7 aromatic carbocycles. The summed E-state index contributed by atoms with van der Waals surface area (Å²) in [6, 6.07) is 68.2. The molecular formula is C64H41Cl2N3O4S2. The topological polar surface area (TPSA) is 125 Å². The number of benzene rings is 7. The van der Waals surface area contributed by atoms with Crippen LogP contribution in [0.2, 0.25) is 10.0 Å². The molecule has 0 aliphatic heterocycles. The molecule has 0 atom stereocenters. The Morgan fingerprint density at radius 2 is 0.733 bits per heavy atom. The number of hydrogen-bond donors (Lipinski definition) is 2. The minimum absolute atomic E-state index is 0.302. The van der Waals surface area contributed by atoms with E-state index in [0.717, 1.165) is 82.5 Å². The van der Waals surface area contributed by atoms with E-state index in [2.05, 4.69) is 108 Å². The number of nitriles is 2. The Labute approximate surface area is 452 Å². The number of carboxylic acid groups (broad SMARTS) is 2. The third-order valence-electron chi connectivity index (χ3n) is 11.9. The summed E-state index contributed by atoms with van der Waals surface area (Å²) < 4.78 is 0. The largest absolute Gasteiger partial charge is 0.477 e. The average Bonchev–Trinajstić information content (AvgIpc) is 4.12. The van der Waals surface area contributed by atoms with Crippen LogP contribution in [0.1, 0.15) is 48.7 Å². The van der Waals surface area contributed by atoms with Crippen LogP contribution >= 0.6 is 45.9 Å². The van der Waals surface area contributed by atoms with E-state index in [0.29, 0.717) is 19.8 Å². The van der Waals surface area contributed by atoms with Gasteiger partial charge in [-0.3, -0.25) is 0 Å². The molecule has 0 bridgehead atoms. The van der Waals surface area contributed by atoms with E-state index in [1.54, 1.807) is 12.1 Å². The number of thiophene rings is 2. The predicted molar refractivity (Wildman–Crippen MR) is 311 cm³/mol. The maximum absolute atomic E-state index is 11.3. The highest BCUT2D eigenvalue weighted by molar-refractivity contribution is 7.16. The monoisotopic (exact) mass is 1050 g/mol. The Kier molecular flexibility index (Phi) is 16.0. The number of carboxylic acids is 2. The lowest BCUT2D eigenvalue weighted by Gasteiger charge is -2.26. The van der Waals surface area contributed by atoms with E-state index in [1.807, 2.05) is 121 Å². The normalized spacial score (nSPS) is 11.6. The molecule has 0 aliphatic rings. The standard InChI is InChI=1S/C64H41Cl2N3O4S2/c65-53-23-19-47(20-24-53)60(48-21-25-54(66)26-22-48)37-46-13-31-57(32-14-46)69(55-27-9-44(10-28-55)3-1-42-5-15-49(16-6-42)61-35-33-58(74-61)38-51(40-67)63(70)71)56-29-11-45(12-30-56)4-2-43-7-17-50(18-8-43)62-36-34-59(75-62)39-52(41-68)64(72)73/h1-39H,(H,70,71)(H,72,73)/b3-1+,4-2+,51-38-,52-39+. The highest BCUT2D eigenvalue weighted by Crippen LogP contribution is 2.37. The molecule has 9 aromatic rings. The van der Waals surface area contributed by atoms with E-state index in [-0.39, 0.29) is 11.1 Å². The first-order valence-electron chi connectivity index (χ1n) is 23.3. The first-order chi connectivity index (χ1) is 36.5. The van der Waals surface area contributed by atoms with Crippen LogP contribution < -0.4 is 4.90 Å². The molecule has 0 unspecified atom stereocenters. The predicted octanol–water partition coefficient (Wildman–Crippen LogP) is 17.8. The zero-order chi connectivity index (χ0) is 52.3. The van der Waals surface area contributed by atoms with Crippen molar-refractivity contribution in [2.45, 2.75) is 0 Å². The van der Waals surface area contributed by atoms with Gasteiger partial charge >= 0.3 is 11.9 Å². The average molecular weight is 1050 g/mol. The lowest BCUT2D eigenvalue weighted by atomic mass is 9.95. The molecule has 11 heteroatoms. The molecule has 2 N–H and O–H groups in total. The molecular weight excluding hydrogens is 1010 g/mol. The Hall–Kier alpha value is -9.06. The number of aliphatic carboxylic acids is 2. The number of carbonyl (C=O) groups is 2. The molecule has 0 amide bonds. The van der Waals surface area contributed by atoms with Gasteiger partial charge in [0.1, 0.15) is 23.3 Å². The van der Waals surface area contributed by atoms with Gasteiger partial charge in [0.15, 0.2) is 0 Å². The van der Waals surface area contributed by atoms with Crippen molar-refractivity contribution in [3.05, 3.63) is 264 Å². The summed E-state index contributed by atoms with van der Waals surface area (Å²) in [7, 11) is 0. The van der Waals surface area contributed by atoms with Crippen LogP contribution in [-0.2, 0) is 9.59 Å². The molecule has 0 radical (unpaired) electrons. The zero-order valence-corrected chi connectivity index (χ0v) is 42.8. The molecule has 0 spiro atoms. The smallest absolute Gasteiger partial charge is 0.346 e. The van der Waals surface area contributed by atoms with Crippen molar-refractivity contribution in [1.29, 1.82) is 10.5 Å². The van der Waals surface area contributed by atoms with E-state index in [9.17, 15) is 19.8 Å². The van der Waals surface area contributed by atoms with Gasteiger partial charge in [-0.15, -0.1) is 22.7 Å². The lowest BCUT2D eigenvalue weighted by Crippen LogP contribution is -2.09. The number of halogens is 2. The molecule has 2 heterocycles. The van der Waals surface area contributed by atoms with Crippen LogP contribution in [0.4, 0.5) is 17.1 Å². The van der Waals surface area contributed by atoms with Crippen LogP contribution in [0.15, 0.2) is 205 Å². The summed E-state index contributed by atoms with van der Waals surface area (Å²) in [6.45, 7) is 0. The van der Waals surface area contributed by atoms with Gasteiger partial charge in [0.05, 0.1) is 0 Å². The second kappa shape index (κ2) is 23.7. The molecule has 362 valence electrons. The van der Waals surface area contributed by atoms with Gasteiger partial charge in [-0.1, -0.05) is 157 Å². The van der Waals surface area contributed by atoms with Crippen LogP contribution in [0.25, 0.3) is 69.0 Å². The van der Waals surface area contributed by atoms with Crippen LogP contribution in [0.3, 0.4) is 0 Å². The fourth-order valence-electron chi connectivity index (χ4n) is 8.04. The molecule has 0 saturated carbocycles. The van der Waals surface area contributed by atoms with Crippen LogP contribution in [-0.4, -0.2) is 22.2 Å². The maximum Gasteiger partial charge on any atom is 0.346 e. The van der Waals surface area contributed by atoms with Crippen LogP contribution in [0.5, 0.6) is 0 Å². The second-order valence-electron chi connectivity index (χ2n) is 16.9. The van der Waals surface area contributed by atoms with Gasteiger partial charge in [0, 0.05) is 46.6 Å². The molecule has 0 aliphatic carbocycles. The zero-order valence-electron chi connectivity index (χ0n) is 39.6. The van der Waals surface area contributed by atoms with E-state index in [4.69, 9.17) is 33.7 Å². The van der Waals surface area contributed by atoms with Crippen molar-refractivity contribution >= 4 is 123 Å². The molecule has 9 rings (SSSR count). The minimum atomic E-state index is -1.25. The number of hydrogen-bond acceptors (Lipinski definition) is 7. The molecule has 75 heavy (non-hydrogen) atoms. The summed E-state index contributed by atoms with van der Waals surface area (Å²) in [5.74, 6) is -2.49. The first kappa shape index (κ1) is 50.9. The summed E-state index contributed by atoms with van der Waals surface area (Å²) in [5, 5.41) is 38.1. The fraction of sp³-hybridized carbons (Fsp3) is 0. The molecule has 2 aromatic heterocycles. The van der Waals surface area contributed by atoms with Gasteiger partial charge < -0.3 is 15.1 Å².